The van der Waals surface area contributed by atoms with Crippen LogP contribution in [-0.2, 0) is 32.1 Å². The fourth-order valence-electron chi connectivity index (χ4n) is 4.85. The van der Waals surface area contributed by atoms with Crippen LogP contribution >= 0.6 is 11.8 Å². The number of rotatable bonds is 12. The Balaban J connectivity index is 1.22. The minimum absolute atomic E-state index is 0.143. The SMILES string of the molecule is CN(Cc1ccco1)C(=Nc1ccc(N2CCOCC2)cc1)SC(C=O)c1ccc(NC(=O)CNC(=O)Cc2ccccc2)cc1. The summed E-state index contributed by atoms with van der Waals surface area (Å²) in [6.07, 6.45) is 2.72. The zero-order chi connectivity index (χ0) is 32.1. The van der Waals surface area contributed by atoms with Crippen LogP contribution in [0, 0.1) is 0 Å². The fraction of sp³-hybridized carbons (Fsp3) is 0.257. The van der Waals surface area contributed by atoms with Crippen LogP contribution in [0.5, 0.6) is 0 Å². The summed E-state index contributed by atoms with van der Waals surface area (Å²) in [4.78, 5) is 46.2. The van der Waals surface area contributed by atoms with Gasteiger partial charge < -0.3 is 34.4 Å². The van der Waals surface area contributed by atoms with E-state index in [0.717, 1.165) is 47.6 Å². The van der Waals surface area contributed by atoms with Gasteiger partial charge in [-0.25, -0.2) is 4.99 Å². The summed E-state index contributed by atoms with van der Waals surface area (Å²) in [5.74, 6) is 0.201. The third-order valence-electron chi connectivity index (χ3n) is 7.28. The number of amides is 2. The molecule has 10 nitrogen and oxygen atoms in total. The lowest BCUT2D eigenvalue weighted by Gasteiger charge is -2.28. The Morgan fingerprint density at radius 2 is 1.70 bits per heavy atom. The van der Waals surface area contributed by atoms with E-state index in [4.69, 9.17) is 14.1 Å². The first kappa shape index (κ1) is 32.5. The molecule has 1 unspecified atom stereocenters. The van der Waals surface area contributed by atoms with Gasteiger partial charge >= 0.3 is 0 Å². The second-order valence-electron chi connectivity index (χ2n) is 10.7. The van der Waals surface area contributed by atoms with Crippen molar-refractivity contribution in [1.82, 2.24) is 10.2 Å². The quantitative estimate of drug-likeness (QED) is 0.123. The molecule has 1 atom stereocenters. The minimum atomic E-state index is -0.549. The monoisotopic (exact) mass is 639 g/mol. The summed E-state index contributed by atoms with van der Waals surface area (Å²) in [6, 6.07) is 28.2. The predicted molar refractivity (Wildman–Crippen MR) is 181 cm³/mol. The number of nitrogens with zero attached hydrogens (tertiary/aromatic N) is 3. The molecule has 3 aromatic carbocycles. The van der Waals surface area contributed by atoms with Gasteiger partial charge in [-0.05, 0) is 59.7 Å². The van der Waals surface area contributed by atoms with Crippen molar-refractivity contribution >= 4 is 52.1 Å². The van der Waals surface area contributed by atoms with Crippen molar-refractivity contribution in [3.05, 3.63) is 114 Å². The largest absolute Gasteiger partial charge is 0.467 e. The number of aldehydes is 1. The molecule has 46 heavy (non-hydrogen) atoms. The van der Waals surface area contributed by atoms with Crippen LogP contribution < -0.4 is 15.5 Å². The number of anilines is 2. The molecular formula is C35H37N5O5S. The van der Waals surface area contributed by atoms with Crippen molar-refractivity contribution in [3.8, 4) is 0 Å². The van der Waals surface area contributed by atoms with Crippen LogP contribution in [0.4, 0.5) is 17.1 Å². The molecule has 1 saturated heterocycles. The molecule has 4 aromatic rings. The molecule has 0 spiro atoms. The number of nitrogens with one attached hydrogen (secondary N) is 2. The molecule has 0 aliphatic carbocycles. The molecule has 1 fully saturated rings. The van der Waals surface area contributed by atoms with Gasteiger partial charge in [0.1, 0.15) is 12.0 Å². The highest BCUT2D eigenvalue weighted by Gasteiger charge is 2.20. The summed E-state index contributed by atoms with van der Waals surface area (Å²) in [5.41, 5.74) is 4.08. The van der Waals surface area contributed by atoms with Gasteiger partial charge in [-0.3, -0.25) is 9.59 Å². The molecule has 0 bridgehead atoms. The number of hydrogen-bond acceptors (Lipinski definition) is 8. The molecular weight excluding hydrogens is 602 g/mol. The Kier molecular flexibility index (Phi) is 11.6. The molecule has 1 aromatic heterocycles. The highest BCUT2D eigenvalue weighted by atomic mass is 32.2. The molecule has 0 radical (unpaired) electrons. The fourth-order valence-corrected chi connectivity index (χ4v) is 5.83. The topological polar surface area (TPSA) is 116 Å². The second kappa shape index (κ2) is 16.4. The standard InChI is InChI=1S/C35H37N5O5S/c1-39(24-31-8-5-19-45-31)35(38-29-13-15-30(16-14-29)40-17-20-44-21-18-40)46-32(25-41)27-9-11-28(12-10-27)37-34(43)23-36-33(42)22-26-6-3-2-4-7-26/h2-16,19,25,32H,17-18,20-24H2,1H3,(H,36,42)(H,37,43). The minimum Gasteiger partial charge on any atom is -0.467 e. The number of thioether (sulfide) groups is 1. The number of benzene rings is 3. The Bertz CT molecular complexity index is 1590. The Morgan fingerprint density at radius 1 is 0.957 bits per heavy atom. The molecule has 11 heteroatoms. The van der Waals surface area contributed by atoms with Gasteiger partial charge in [-0.15, -0.1) is 0 Å². The lowest BCUT2D eigenvalue weighted by molar-refractivity contribution is -0.123. The Hall–Kier alpha value is -4.87. The number of hydrogen-bond donors (Lipinski definition) is 2. The number of morpholine rings is 1. The lowest BCUT2D eigenvalue weighted by atomic mass is 10.1. The van der Waals surface area contributed by atoms with Crippen molar-refractivity contribution in [2.45, 2.75) is 18.2 Å². The molecule has 1 aliphatic rings. The number of amidine groups is 1. The highest BCUT2D eigenvalue weighted by molar-refractivity contribution is 8.14. The van der Waals surface area contributed by atoms with E-state index < -0.39 is 5.25 Å². The molecule has 2 heterocycles. The van der Waals surface area contributed by atoms with E-state index in [0.29, 0.717) is 30.6 Å². The predicted octanol–water partition coefficient (Wildman–Crippen LogP) is 5.21. The zero-order valence-electron chi connectivity index (χ0n) is 25.6. The van der Waals surface area contributed by atoms with Gasteiger partial charge in [0.15, 0.2) is 5.17 Å². The molecule has 238 valence electrons. The summed E-state index contributed by atoms with van der Waals surface area (Å²) >= 11 is 1.34. The molecule has 0 saturated carbocycles. The first-order valence-corrected chi connectivity index (χ1v) is 15.9. The number of carbonyl (C=O) groups is 3. The van der Waals surface area contributed by atoms with E-state index in [-0.39, 0.29) is 24.8 Å². The van der Waals surface area contributed by atoms with Gasteiger partial charge in [0.05, 0.1) is 49.9 Å². The van der Waals surface area contributed by atoms with Gasteiger partial charge in [0.25, 0.3) is 0 Å². The summed E-state index contributed by atoms with van der Waals surface area (Å²) in [7, 11) is 1.91. The van der Waals surface area contributed by atoms with E-state index >= 15 is 0 Å². The number of carbonyl (C=O) groups excluding carboxylic acids is 3. The highest BCUT2D eigenvalue weighted by Crippen LogP contribution is 2.32. The van der Waals surface area contributed by atoms with Crippen LogP contribution in [0.3, 0.4) is 0 Å². The molecule has 1 aliphatic heterocycles. The summed E-state index contributed by atoms with van der Waals surface area (Å²) < 4.78 is 11.0. The second-order valence-corrected chi connectivity index (χ2v) is 11.8. The van der Waals surface area contributed by atoms with E-state index in [2.05, 4.69) is 27.7 Å². The van der Waals surface area contributed by atoms with E-state index in [1.54, 1.807) is 30.5 Å². The maximum absolute atomic E-state index is 12.5. The average Bonchev–Trinajstić information content (AvgIpc) is 3.60. The van der Waals surface area contributed by atoms with Crippen molar-refractivity contribution in [2.24, 2.45) is 4.99 Å². The van der Waals surface area contributed by atoms with Gasteiger partial charge in [0.2, 0.25) is 11.8 Å². The third kappa shape index (κ3) is 9.56. The lowest BCUT2D eigenvalue weighted by Crippen LogP contribution is -2.36. The number of furan rings is 1. The van der Waals surface area contributed by atoms with Gasteiger partial charge in [-0.1, -0.05) is 54.2 Å². The van der Waals surface area contributed by atoms with Crippen molar-refractivity contribution in [2.75, 3.05) is 50.1 Å². The first-order valence-electron chi connectivity index (χ1n) is 15.0. The van der Waals surface area contributed by atoms with Crippen LogP contribution in [-0.4, -0.2) is 68.1 Å². The van der Waals surface area contributed by atoms with Gasteiger partial charge in [0, 0.05) is 31.5 Å². The Labute approximate surface area is 272 Å². The summed E-state index contributed by atoms with van der Waals surface area (Å²) in [5, 5.41) is 5.53. The summed E-state index contributed by atoms with van der Waals surface area (Å²) in [6.45, 7) is 3.46. The van der Waals surface area contributed by atoms with Crippen LogP contribution in [0.25, 0.3) is 0 Å². The van der Waals surface area contributed by atoms with E-state index in [1.807, 2.05) is 66.5 Å². The van der Waals surface area contributed by atoms with Crippen LogP contribution in [0.1, 0.15) is 22.1 Å². The Morgan fingerprint density at radius 3 is 2.37 bits per heavy atom. The average molecular weight is 640 g/mol. The first-order chi connectivity index (χ1) is 22.5. The molecule has 2 amide bonds. The van der Waals surface area contributed by atoms with Crippen LogP contribution in [0.15, 0.2) is 107 Å². The smallest absolute Gasteiger partial charge is 0.243 e. The van der Waals surface area contributed by atoms with Crippen molar-refractivity contribution in [3.63, 3.8) is 0 Å². The number of ether oxygens (including phenoxy) is 1. The van der Waals surface area contributed by atoms with E-state index in [9.17, 15) is 14.4 Å². The van der Waals surface area contributed by atoms with Gasteiger partial charge in [-0.2, -0.15) is 0 Å². The number of aliphatic imine (C=N–C) groups is 1. The van der Waals surface area contributed by atoms with Crippen LogP contribution in [0.2, 0.25) is 0 Å². The maximum atomic E-state index is 12.5. The molecule has 2 N–H and O–H groups in total. The van der Waals surface area contributed by atoms with Crippen molar-refractivity contribution < 1.29 is 23.5 Å². The van der Waals surface area contributed by atoms with E-state index in [1.165, 1.54) is 11.8 Å². The maximum Gasteiger partial charge on any atom is 0.243 e. The molecule has 5 rings (SSSR count). The zero-order valence-corrected chi connectivity index (χ0v) is 26.4. The normalized spacial score (nSPS) is 13.9. The van der Waals surface area contributed by atoms with Crippen molar-refractivity contribution in [1.29, 1.82) is 0 Å². The third-order valence-corrected chi connectivity index (χ3v) is 8.53.